The molecule has 0 saturated carbocycles. The highest BCUT2D eigenvalue weighted by molar-refractivity contribution is 7.99. The van der Waals surface area contributed by atoms with Gasteiger partial charge in [-0.05, 0) is 26.4 Å². The minimum absolute atomic E-state index is 0.107. The second-order valence-electron chi connectivity index (χ2n) is 5.56. The molecule has 7 nitrogen and oxygen atoms in total. The summed E-state index contributed by atoms with van der Waals surface area (Å²) < 4.78 is 0. The van der Waals surface area contributed by atoms with Crippen LogP contribution in [-0.2, 0) is 0 Å². The Morgan fingerprint density at radius 3 is 2.65 bits per heavy atom. The number of urea groups is 1. The molecule has 1 saturated heterocycles. The summed E-state index contributed by atoms with van der Waals surface area (Å²) in [7, 11) is 4.00. The van der Waals surface area contributed by atoms with Crippen molar-refractivity contribution in [3.63, 3.8) is 0 Å². The minimum atomic E-state index is -0.525. The normalized spacial score (nSPS) is 20.8. The summed E-state index contributed by atoms with van der Waals surface area (Å²) in [6, 6.07) is 4.05. The van der Waals surface area contributed by atoms with Gasteiger partial charge in [0.15, 0.2) is 0 Å². The van der Waals surface area contributed by atoms with Crippen molar-refractivity contribution in [3.8, 4) is 0 Å². The first kappa shape index (κ1) is 17.8. The summed E-state index contributed by atoms with van der Waals surface area (Å²) in [5.74, 6) is 0. The number of likely N-dealkylation sites (tertiary alicyclic amines) is 1. The van der Waals surface area contributed by atoms with Crippen molar-refractivity contribution in [2.45, 2.75) is 11.3 Å². The Balaban J connectivity index is 2.07. The van der Waals surface area contributed by atoms with E-state index in [1.165, 1.54) is 18.2 Å². The van der Waals surface area contributed by atoms with Gasteiger partial charge in [-0.15, -0.1) is 0 Å². The lowest BCUT2D eigenvalue weighted by molar-refractivity contribution is -0.384. The summed E-state index contributed by atoms with van der Waals surface area (Å²) >= 11 is 7.75. The lowest BCUT2D eigenvalue weighted by atomic mass is 10.2. The molecule has 2 atom stereocenters. The second kappa shape index (κ2) is 7.37. The largest absolute Gasteiger partial charge is 0.322 e. The van der Waals surface area contributed by atoms with E-state index in [9.17, 15) is 14.9 Å². The fourth-order valence-electron chi connectivity index (χ4n) is 2.56. The molecule has 1 aliphatic rings. The maximum atomic E-state index is 12.4. The molecule has 1 aromatic rings. The van der Waals surface area contributed by atoms with Crippen molar-refractivity contribution in [1.29, 1.82) is 0 Å². The van der Waals surface area contributed by atoms with Crippen molar-refractivity contribution in [2.24, 2.45) is 0 Å². The number of hydrogen-bond acceptors (Lipinski definition) is 5. The molecule has 0 radical (unpaired) electrons. The van der Waals surface area contributed by atoms with Crippen LogP contribution >= 0.6 is 23.4 Å². The van der Waals surface area contributed by atoms with E-state index in [1.807, 2.05) is 20.4 Å². The predicted molar refractivity (Wildman–Crippen MR) is 93.5 cm³/mol. The number of rotatable bonds is 4. The fourth-order valence-corrected chi connectivity index (χ4v) is 3.76. The third kappa shape index (κ3) is 4.07. The van der Waals surface area contributed by atoms with Gasteiger partial charge in [0.2, 0.25) is 0 Å². The molecule has 0 aromatic heterocycles. The lowest BCUT2D eigenvalue weighted by Gasteiger charge is -2.23. The van der Waals surface area contributed by atoms with E-state index >= 15 is 0 Å². The molecule has 0 aliphatic carbocycles. The lowest BCUT2D eigenvalue weighted by Crippen LogP contribution is -2.38. The van der Waals surface area contributed by atoms with Crippen LogP contribution in [0, 0.1) is 10.1 Å². The van der Waals surface area contributed by atoms with Crippen molar-refractivity contribution in [1.82, 2.24) is 9.80 Å². The molecule has 23 heavy (non-hydrogen) atoms. The third-order valence-corrected chi connectivity index (χ3v) is 5.28. The number of hydrogen-bond donors (Lipinski definition) is 1. The van der Waals surface area contributed by atoms with Gasteiger partial charge >= 0.3 is 6.03 Å². The maximum absolute atomic E-state index is 12.4. The van der Waals surface area contributed by atoms with Crippen LogP contribution in [0.3, 0.4) is 0 Å². The van der Waals surface area contributed by atoms with Crippen LogP contribution in [0.5, 0.6) is 0 Å². The molecule has 1 N–H and O–H groups in total. The number of carbonyl (C=O) groups excluding carboxylic acids is 1. The van der Waals surface area contributed by atoms with Crippen molar-refractivity contribution < 1.29 is 9.72 Å². The van der Waals surface area contributed by atoms with Crippen LogP contribution in [0.25, 0.3) is 0 Å². The number of likely N-dealkylation sites (N-methyl/N-ethyl adjacent to an activating group) is 1. The number of halogens is 1. The molecule has 1 aromatic carbocycles. The van der Waals surface area contributed by atoms with Crippen LogP contribution in [0.2, 0.25) is 5.02 Å². The van der Waals surface area contributed by atoms with Gasteiger partial charge in [0.1, 0.15) is 0 Å². The molecule has 9 heteroatoms. The third-order valence-electron chi connectivity index (χ3n) is 3.90. The standard InChI is InChI=1S/C14H19ClN4O3S/c1-17(2)12-7-18(8-13(12)23-3)14(20)16-11-5-4-9(19(21)22)6-10(11)15/h4-6,12-13H,7-8H2,1-3H3,(H,16,20)/t12-,13+/m0/s1. The Morgan fingerprint density at radius 2 is 2.17 bits per heavy atom. The first-order valence-electron chi connectivity index (χ1n) is 7.02. The quantitative estimate of drug-likeness (QED) is 0.661. The molecule has 1 aliphatic heterocycles. The Morgan fingerprint density at radius 1 is 1.48 bits per heavy atom. The zero-order valence-corrected chi connectivity index (χ0v) is 14.7. The van der Waals surface area contributed by atoms with Crippen LogP contribution in [0.1, 0.15) is 0 Å². The monoisotopic (exact) mass is 358 g/mol. The number of amides is 2. The number of anilines is 1. The van der Waals surface area contributed by atoms with Crippen molar-refractivity contribution in [3.05, 3.63) is 33.3 Å². The number of benzene rings is 1. The van der Waals surface area contributed by atoms with E-state index < -0.39 is 4.92 Å². The van der Waals surface area contributed by atoms with Gasteiger partial charge in [0.05, 0.1) is 15.6 Å². The van der Waals surface area contributed by atoms with E-state index in [2.05, 4.69) is 10.2 Å². The summed E-state index contributed by atoms with van der Waals surface area (Å²) in [5, 5.41) is 13.9. The number of non-ortho nitro benzene ring substituents is 1. The van der Waals surface area contributed by atoms with Gasteiger partial charge in [-0.2, -0.15) is 11.8 Å². The van der Waals surface area contributed by atoms with Gasteiger partial charge in [-0.25, -0.2) is 4.79 Å². The SMILES string of the molecule is CS[C@@H]1CN(C(=O)Nc2ccc([N+](=O)[O-])cc2Cl)C[C@@H]1N(C)C. The highest BCUT2D eigenvalue weighted by atomic mass is 35.5. The molecule has 0 unspecified atom stereocenters. The van der Waals surface area contributed by atoms with Gasteiger partial charge in [-0.1, -0.05) is 11.6 Å². The van der Waals surface area contributed by atoms with E-state index in [0.29, 0.717) is 30.1 Å². The van der Waals surface area contributed by atoms with Gasteiger partial charge in [-0.3, -0.25) is 10.1 Å². The summed E-state index contributed by atoms with van der Waals surface area (Å²) in [6.07, 6.45) is 2.04. The molecule has 1 heterocycles. The van der Waals surface area contributed by atoms with E-state index in [4.69, 9.17) is 11.6 Å². The average Bonchev–Trinajstić information content (AvgIpc) is 2.93. The average molecular weight is 359 g/mol. The number of nitrogens with one attached hydrogen (secondary N) is 1. The van der Waals surface area contributed by atoms with Crippen molar-refractivity contribution in [2.75, 3.05) is 38.8 Å². The molecule has 2 amide bonds. The molecule has 0 bridgehead atoms. The van der Waals surface area contributed by atoms with Gasteiger partial charge in [0.25, 0.3) is 5.69 Å². The molecule has 0 spiro atoms. The van der Waals surface area contributed by atoms with Gasteiger partial charge in [0, 0.05) is 36.5 Å². The van der Waals surface area contributed by atoms with Crippen LogP contribution in [-0.4, -0.2) is 65.5 Å². The molecule has 1 fully saturated rings. The van der Waals surface area contributed by atoms with Crippen LogP contribution in [0.15, 0.2) is 18.2 Å². The number of thioether (sulfide) groups is 1. The predicted octanol–water partition coefficient (Wildman–Crippen LogP) is 2.76. The first-order valence-corrected chi connectivity index (χ1v) is 8.69. The van der Waals surface area contributed by atoms with Crippen LogP contribution in [0.4, 0.5) is 16.2 Å². The number of nitro groups is 1. The smallest absolute Gasteiger partial charge is 0.321 e. The molecule has 126 valence electrons. The Labute approximate surface area is 144 Å². The number of nitro benzene ring substituents is 1. The highest BCUT2D eigenvalue weighted by Crippen LogP contribution is 2.28. The number of carbonyl (C=O) groups is 1. The second-order valence-corrected chi connectivity index (χ2v) is 7.05. The van der Waals surface area contributed by atoms with E-state index in [-0.39, 0.29) is 16.7 Å². The summed E-state index contributed by atoms with van der Waals surface area (Å²) in [4.78, 5) is 26.5. The van der Waals surface area contributed by atoms with Gasteiger partial charge < -0.3 is 15.1 Å². The molecular formula is C14H19ClN4O3S. The molecular weight excluding hydrogens is 340 g/mol. The summed E-state index contributed by atoms with van der Waals surface area (Å²) in [6.45, 7) is 1.29. The van der Waals surface area contributed by atoms with E-state index in [0.717, 1.165) is 0 Å². The highest BCUT2D eigenvalue weighted by Gasteiger charge is 2.36. The van der Waals surface area contributed by atoms with E-state index in [1.54, 1.807) is 16.7 Å². The Bertz CT molecular complexity index is 614. The maximum Gasteiger partial charge on any atom is 0.321 e. The molecule has 2 rings (SSSR count). The van der Waals surface area contributed by atoms with Crippen LogP contribution < -0.4 is 5.32 Å². The zero-order chi connectivity index (χ0) is 17.1. The topological polar surface area (TPSA) is 78.7 Å². The first-order chi connectivity index (χ1) is 10.8. The minimum Gasteiger partial charge on any atom is -0.322 e. The Hall–Kier alpha value is -1.51. The zero-order valence-electron chi connectivity index (χ0n) is 13.2. The Kier molecular flexibility index (Phi) is 5.72. The number of nitrogens with zero attached hydrogens (tertiary/aromatic N) is 3. The summed E-state index contributed by atoms with van der Waals surface area (Å²) in [5.41, 5.74) is 0.264. The van der Waals surface area contributed by atoms with Crippen molar-refractivity contribution >= 4 is 40.8 Å². The fraction of sp³-hybridized carbons (Fsp3) is 0.500.